The Balaban J connectivity index is 1.70. The highest BCUT2D eigenvalue weighted by Crippen LogP contribution is 2.34. The minimum atomic E-state index is -0.453. The number of hydrogen-bond donors (Lipinski definition) is 1. The third-order valence-corrected chi connectivity index (χ3v) is 5.15. The predicted octanol–water partition coefficient (Wildman–Crippen LogP) is 6.04. The molecule has 0 aliphatic carbocycles. The second-order valence-corrected chi connectivity index (χ2v) is 7.34. The molecule has 0 amide bonds. The fourth-order valence-corrected chi connectivity index (χ4v) is 3.14. The molecule has 154 valence electrons. The van der Waals surface area contributed by atoms with Crippen molar-refractivity contribution in [1.82, 2.24) is 0 Å². The Kier molecular flexibility index (Phi) is 7.26. The van der Waals surface area contributed by atoms with Gasteiger partial charge in [0.2, 0.25) is 0 Å². The zero-order chi connectivity index (χ0) is 21.5. The van der Waals surface area contributed by atoms with Gasteiger partial charge in [0.1, 0.15) is 6.61 Å². The maximum absolute atomic E-state index is 10.7. The second kappa shape index (κ2) is 10.1. The van der Waals surface area contributed by atoms with Gasteiger partial charge in [-0.2, -0.15) is 5.10 Å². The Morgan fingerprint density at radius 3 is 2.57 bits per heavy atom. The van der Waals surface area contributed by atoms with E-state index in [0.717, 1.165) is 15.6 Å². The van der Waals surface area contributed by atoms with Crippen LogP contribution in [0.2, 0.25) is 5.02 Å². The molecule has 0 bridgehead atoms. The van der Waals surface area contributed by atoms with Crippen LogP contribution in [0.4, 0.5) is 11.4 Å². The number of hydrazone groups is 1. The van der Waals surface area contributed by atoms with Gasteiger partial charge in [0.25, 0.3) is 5.69 Å². The number of benzene rings is 3. The van der Waals surface area contributed by atoms with Crippen molar-refractivity contribution < 1.29 is 14.4 Å². The average Bonchev–Trinajstić information content (AvgIpc) is 2.74. The summed E-state index contributed by atoms with van der Waals surface area (Å²) in [7, 11) is 1.56. The fourth-order valence-electron chi connectivity index (χ4n) is 2.53. The van der Waals surface area contributed by atoms with E-state index in [9.17, 15) is 10.1 Å². The van der Waals surface area contributed by atoms with Crippen LogP contribution in [-0.4, -0.2) is 18.2 Å². The molecule has 0 aromatic heterocycles. The van der Waals surface area contributed by atoms with Crippen molar-refractivity contribution >= 4 is 45.1 Å². The number of nitro benzene ring substituents is 1. The molecular formula is C21H17BrClN3O4. The number of nitrogens with zero attached hydrogens (tertiary/aromatic N) is 2. The molecular weight excluding hydrogens is 474 g/mol. The third kappa shape index (κ3) is 5.49. The van der Waals surface area contributed by atoms with Gasteiger partial charge in [-0.1, -0.05) is 29.8 Å². The molecule has 1 N–H and O–H groups in total. The van der Waals surface area contributed by atoms with Crippen LogP contribution in [0.25, 0.3) is 0 Å². The van der Waals surface area contributed by atoms with Crippen molar-refractivity contribution in [3.63, 3.8) is 0 Å². The Morgan fingerprint density at radius 2 is 1.90 bits per heavy atom. The first-order chi connectivity index (χ1) is 14.5. The van der Waals surface area contributed by atoms with Crippen LogP contribution in [-0.2, 0) is 6.61 Å². The van der Waals surface area contributed by atoms with E-state index in [1.165, 1.54) is 12.1 Å². The first kappa shape index (κ1) is 21.6. The summed E-state index contributed by atoms with van der Waals surface area (Å²) in [4.78, 5) is 10.2. The van der Waals surface area contributed by atoms with E-state index in [1.807, 2.05) is 24.3 Å². The lowest BCUT2D eigenvalue weighted by molar-refractivity contribution is -0.384. The van der Waals surface area contributed by atoms with Crippen LogP contribution in [0.5, 0.6) is 11.5 Å². The minimum absolute atomic E-state index is 0.0180. The van der Waals surface area contributed by atoms with Gasteiger partial charge in [-0.15, -0.1) is 0 Å². The van der Waals surface area contributed by atoms with Gasteiger partial charge in [-0.25, -0.2) is 0 Å². The summed E-state index contributed by atoms with van der Waals surface area (Å²) in [5.74, 6) is 1.10. The molecule has 3 aromatic carbocycles. The van der Waals surface area contributed by atoms with Gasteiger partial charge >= 0.3 is 0 Å². The van der Waals surface area contributed by atoms with Crippen LogP contribution in [0.3, 0.4) is 0 Å². The SMILES string of the molecule is COc1cc(/C=N/Nc2ccc([N+](=O)[O-])cc2)c(Br)cc1OCc1ccccc1Cl. The van der Waals surface area contributed by atoms with Gasteiger partial charge in [-0.05, 0) is 46.3 Å². The number of halogens is 2. The molecule has 3 rings (SSSR count). The smallest absolute Gasteiger partial charge is 0.269 e. The first-order valence-corrected chi connectivity index (χ1v) is 9.92. The van der Waals surface area contributed by atoms with Gasteiger partial charge in [0.15, 0.2) is 11.5 Å². The number of nitro groups is 1. The number of anilines is 1. The lowest BCUT2D eigenvalue weighted by Gasteiger charge is -2.13. The highest BCUT2D eigenvalue weighted by Gasteiger charge is 2.11. The van der Waals surface area contributed by atoms with E-state index in [-0.39, 0.29) is 5.69 Å². The van der Waals surface area contributed by atoms with Crippen molar-refractivity contribution in [2.75, 3.05) is 12.5 Å². The van der Waals surface area contributed by atoms with Crippen LogP contribution >= 0.6 is 27.5 Å². The van der Waals surface area contributed by atoms with E-state index < -0.39 is 4.92 Å². The fraction of sp³-hybridized carbons (Fsp3) is 0.0952. The Morgan fingerprint density at radius 1 is 1.17 bits per heavy atom. The summed E-state index contributed by atoms with van der Waals surface area (Å²) in [6.07, 6.45) is 1.60. The molecule has 0 heterocycles. The van der Waals surface area contributed by atoms with Gasteiger partial charge in [0.05, 0.1) is 23.9 Å². The summed E-state index contributed by atoms with van der Waals surface area (Å²) in [6, 6.07) is 17.0. The standard InChI is InChI=1S/C21H17BrClN3O4/c1-29-20-10-15(12-24-25-16-6-8-17(9-7-16)26(27)28)18(22)11-21(20)30-13-14-4-2-3-5-19(14)23/h2-12,25H,13H2,1H3/b24-12+. The molecule has 0 radical (unpaired) electrons. The number of rotatable bonds is 8. The van der Waals surface area contributed by atoms with E-state index in [4.69, 9.17) is 21.1 Å². The zero-order valence-electron chi connectivity index (χ0n) is 15.8. The molecule has 9 heteroatoms. The van der Waals surface area contributed by atoms with Crippen molar-refractivity contribution in [2.24, 2.45) is 5.10 Å². The van der Waals surface area contributed by atoms with E-state index in [2.05, 4.69) is 26.5 Å². The number of nitrogens with one attached hydrogen (secondary N) is 1. The Hall–Kier alpha value is -3.10. The highest BCUT2D eigenvalue weighted by molar-refractivity contribution is 9.10. The monoisotopic (exact) mass is 489 g/mol. The number of methoxy groups -OCH3 is 1. The summed E-state index contributed by atoms with van der Waals surface area (Å²) >= 11 is 9.68. The highest BCUT2D eigenvalue weighted by atomic mass is 79.9. The molecule has 0 atom stereocenters. The molecule has 3 aromatic rings. The van der Waals surface area contributed by atoms with Crippen molar-refractivity contribution in [2.45, 2.75) is 6.61 Å². The molecule has 30 heavy (non-hydrogen) atoms. The first-order valence-electron chi connectivity index (χ1n) is 8.75. The van der Waals surface area contributed by atoms with Crippen LogP contribution in [0.15, 0.2) is 70.2 Å². The van der Waals surface area contributed by atoms with Crippen LogP contribution in [0, 0.1) is 10.1 Å². The maximum Gasteiger partial charge on any atom is 0.269 e. The minimum Gasteiger partial charge on any atom is -0.493 e. The van der Waals surface area contributed by atoms with Crippen LogP contribution < -0.4 is 14.9 Å². The van der Waals surface area contributed by atoms with E-state index in [0.29, 0.717) is 28.8 Å². The van der Waals surface area contributed by atoms with Crippen LogP contribution in [0.1, 0.15) is 11.1 Å². The van der Waals surface area contributed by atoms with Gasteiger partial charge in [0, 0.05) is 32.8 Å². The lowest BCUT2D eigenvalue weighted by atomic mass is 10.2. The molecule has 0 aliphatic heterocycles. The summed E-state index contributed by atoms with van der Waals surface area (Å²) in [6.45, 7) is 0.303. The summed E-state index contributed by atoms with van der Waals surface area (Å²) in [5, 5.41) is 15.5. The molecule has 0 aliphatic rings. The number of ether oxygens (including phenoxy) is 2. The van der Waals surface area contributed by atoms with Crippen molar-refractivity contribution in [3.8, 4) is 11.5 Å². The molecule has 0 spiro atoms. The van der Waals surface area contributed by atoms with E-state index in [1.54, 1.807) is 37.6 Å². The Labute approximate surface area is 186 Å². The van der Waals surface area contributed by atoms with Gasteiger partial charge < -0.3 is 9.47 Å². The number of non-ortho nitro benzene ring substituents is 1. The summed E-state index contributed by atoms with van der Waals surface area (Å²) in [5.41, 5.74) is 5.10. The molecule has 0 unspecified atom stereocenters. The van der Waals surface area contributed by atoms with Crippen molar-refractivity contribution in [3.05, 3.63) is 91.4 Å². The third-order valence-electron chi connectivity index (χ3n) is 4.10. The summed E-state index contributed by atoms with van der Waals surface area (Å²) < 4.78 is 12.1. The quantitative estimate of drug-likeness (QED) is 0.236. The average molecular weight is 491 g/mol. The van der Waals surface area contributed by atoms with Gasteiger partial charge in [-0.3, -0.25) is 15.5 Å². The second-order valence-electron chi connectivity index (χ2n) is 6.08. The van der Waals surface area contributed by atoms with Crippen molar-refractivity contribution in [1.29, 1.82) is 0 Å². The molecule has 0 saturated carbocycles. The molecule has 0 saturated heterocycles. The Bertz CT molecular complexity index is 1070. The molecule has 0 fully saturated rings. The maximum atomic E-state index is 10.7. The normalized spacial score (nSPS) is 10.8. The predicted molar refractivity (Wildman–Crippen MR) is 121 cm³/mol. The topological polar surface area (TPSA) is 86.0 Å². The number of hydrogen-bond acceptors (Lipinski definition) is 6. The van der Waals surface area contributed by atoms with E-state index >= 15 is 0 Å². The largest absolute Gasteiger partial charge is 0.493 e. The zero-order valence-corrected chi connectivity index (χ0v) is 18.2. The molecule has 7 nitrogen and oxygen atoms in total. The lowest BCUT2D eigenvalue weighted by Crippen LogP contribution is -2.00.